The Morgan fingerprint density at radius 2 is 2.00 bits per heavy atom. The molecule has 1 amide bonds. The topological polar surface area (TPSA) is 57.7 Å². The largest absolute Gasteiger partial charge is 0.497 e. The van der Waals surface area contributed by atoms with Gasteiger partial charge in [0.2, 0.25) is 5.91 Å². The summed E-state index contributed by atoms with van der Waals surface area (Å²) in [5.41, 5.74) is 2.14. The van der Waals surface area contributed by atoms with Gasteiger partial charge >= 0.3 is 0 Å². The molecular formula is C19H26N4O2S. The molecule has 3 rings (SSSR count). The van der Waals surface area contributed by atoms with Crippen LogP contribution in [0.25, 0.3) is 0 Å². The third-order valence-corrected chi connectivity index (χ3v) is 5.91. The number of aromatic nitrogens is 1. The monoisotopic (exact) mass is 374 g/mol. The zero-order valence-electron chi connectivity index (χ0n) is 15.8. The molecule has 1 aromatic carbocycles. The summed E-state index contributed by atoms with van der Waals surface area (Å²) in [5.74, 6) is 0.875. The van der Waals surface area contributed by atoms with Crippen LogP contribution in [0, 0.1) is 13.8 Å². The molecule has 2 heterocycles. The molecule has 0 bridgehead atoms. The maximum Gasteiger partial charge on any atom is 0.243 e. The SMILES string of the molecule is COc1cccc(N2CCN(C(C)C(=O)Nc3nc(C)c(C)s3)CC2)c1. The Balaban J connectivity index is 1.55. The normalized spacial score (nSPS) is 16.4. The summed E-state index contributed by atoms with van der Waals surface area (Å²) >= 11 is 1.53. The lowest BCUT2D eigenvalue weighted by atomic mass is 10.2. The Morgan fingerprint density at radius 1 is 1.27 bits per heavy atom. The number of methoxy groups -OCH3 is 1. The Bertz CT molecular complexity index is 749. The molecule has 1 aliphatic rings. The molecule has 1 N–H and O–H groups in total. The number of amides is 1. The van der Waals surface area contributed by atoms with Crippen LogP contribution in [0.3, 0.4) is 0 Å². The number of aryl methyl sites for hydroxylation is 2. The van der Waals surface area contributed by atoms with Crippen molar-refractivity contribution in [1.82, 2.24) is 9.88 Å². The second-order valence-electron chi connectivity index (χ2n) is 6.55. The number of hydrogen-bond acceptors (Lipinski definition) is 6. The van der Waals surface area contributed by atoms with Gasteiger partial charge in [-0.2, -0.15) is 0 Å². The maximum atomic E-state index is 12.6. The van der Waals surface area contributed by atoms with Crippen molar-refractivity contribution in [2.75, 3.05) is 43.5 Å². The van der Waals surface area contributed by atoms with Crippen LogP contribution in [0.5, 0.6) is 5.75 Å². The van der Waals surface area contributed by atoms with Crippen LogP contribution < -0.4 is 15.0 Å². The first kappa shape index (κ1) is 18.7. The smallest absolute Gasteiger partial charge is 0.243 e. The van der Waals surface area contributed by atoms with Crippen molar-refractivity contribution in [3.05, 3.63) is 34.8 Å². The number of ether oxygens (including phenoxy) is 1. The van der Waals surface area contributed by atoms with Crippen molar-refractivity contribution in [3.8, 4) is 5.75 Å². The second kappa shape index (κ2) is 8.05. The van der Waals surface area contributed by atoms with Gasteiger partial charge in [0.1, 0.15) is 5.75 Å². The summed E-state index contributed by atoms with van der Waals surface area (Å²) in [5, 5.41) is 3.64. The van der Waals surface area contributed by atoms with Gasteiger partial charge in [0.15, 0.2) is 5.13 Å². The molecule has 7 heteroatoms. The van der Waals surface area contributed by atoms with Crippen LogP contribution in [0.1, 0.15) is 17.5 Å². The quantitative estimate of drug-likeness (QED) is 0.872. The molecule has 26 heavy (non-hydrogen) atoms. The number of carbonyl (C=O) groups excluding carboxylic acids is 1. The summed E-state index contributed by atoms with van der Waals surface area (Å²) in [6.07, 6.45) is 0. The molecule has 2 aromatic rings. The van der Waals surface area contributed by atoms with E-state index >= 15 is 0 Å². The number of nitrogens with zero attached hydrogens (tertiary/aromatic N) is 3. The minimum Gasteiger partial charge on any atom is -0.497 e. The molecule has 1 saturated heterocycles. The van der Waals surface area contributed by atoms with E-state index in [-0.39, 0.29) is 11.9 Å². The van der Waals surface area contributed by atoms with E-state index in [0.717, 1.165) is 48.2 Å². The van der Waals surface area contributed by atoms with Gasteiger partial charge in [-0.15, -0.1) is 11.3 Å². The van der Waals surface area contributed by atoms with E-state index in [1.807, 2.05) is 32.9 Å². The third kappa shape index (κ3) is 4.16. The lowest BCUT2D eigenvalue weighted by molar-refractivity contribution is -0.120. The predicted octanol–water partition coefficient (Wildman–Crippen LogP) is 2.92. The second-order valence-corrected chi connectivity index (χ2v) is 7.75. The van der Waals surface area contributed by atoms with Crippen molar-refractivity contribution in [1.29, 1.82) is 0 Å². The first-order valence-electron chi connectivity index (χ1n) is 8.86. The van der Waals surface area contributed by atoms with E-state index in [0.29, 0.717) is 5.13 Å². The fourth-order valence-corrected chi connectivity index (χ4v) is 3.89. The van der Waals surface area contributed by atoms with Gasteiger partial charge in [0.05, 0.1) is 18.8 Å². The summed E-state index contributed by atoms with van der Waals surface area (Å²) in [4.78, 5) is 22.6. The van der Waals surface area contributed by atoms with Crippen molar-refractivity contribution < 1.29 is 9.53 Å². The fourth-order valence-electron chi connectivity index (χ4n) is 3.08. The van der Waals surface area contributed by atoms with E-state index in [4.69, 9.17) is 4.74 Å². The molecule has 1 aliphatic heterocycles. The van der Waals surface area contributed by atoms with Gasteiger partial charge in [-0.3, -0.25) is 9.69 Å². The zero-order valence-corrected chi connectivity index (χ0v) is 16.6. The Morgan fingerprint density at radius 3 is 2.62 bits per heavy atom. The number of piperazine rings is 1. The summed E-state index contributed by atoms with van der Waals surface area (Å²) in [6.45, 7) is 9.42. The van der Waals surface area contributed by atoms with Gasteiger partial charge in [0, 0.05) is 42.8 Å². The van der Waals surface area contributed by atoms with Crippen molar-refractivity contribution in [2.24, 2.45) is 0 Å². The minimum absolute atomic E-state index is 0.00794. The highest BCUT2D eigenvalue weighted by Crippen LogP contribution is 2.24. The van der Waals surface area contributed by atoms with Gasteiger partial charge < -0.3 is 15.0 Å². The lowest BCUT2D eigenvalue weighted by Gasteiger charge is -2.38. The van der Waals surface area contributed by atoms with E-state index in [2.05, 4.69) is 32.2 Å². The highest BCUT2D eigenvalue weighted by atomic mass is 32.1. The molecule has 1 unspecified atom stereocenters. The summed E-state index contributed by atoms with van der Waals surface area (Å²) < 4.78 is 5.31. The van der Waals surface area contributed by atoms with Crippen LogP contribution in [-0.4, -0.2) is 55.1 Å². The summed E-state index contributed by atoms with van der Waals surface area (Å²) in [6, 6.07) is 7.94. The summed E-state index contributed by atoms with van der Waals surface area (Å²) in [7, 11) is 1.68. The number of rotatable bonds is 5. The Labute approximate surface area is 158 Å². The minimum atomic E-state index is -0.174. The Kier molecular flexibility index (Phi) is 5.78. The van der Waals surface area contributed by atoms with E-state index < -0.39 is 0 Å². The van der Waals surface area contributed by atoms with Gasteiger partial charge in [-0.25, -0.2) is 4.98 Å². The molecular weight excluding hydrogens is 348 g/mol. The van der Waals surface area contributed by atoms with Crippen LogP contribution in [0.2, 0.25) is 0 Å². The van der Waals surface area contributed by atoms with Gasteiger partial charge in [0.25, 0.3) is 0 Å². The first-order valence-corrected chi connectivity index (χ1v) is 9.67. The van der Waals surface area contributed by atoms with E-state index in [1.54, 1.807) is 7.11 Å². The average Bonchev–Trinajstić information content (AvgIpc) is 2.98. The van der Waals surface area contributed by atoms with E-state index in [9.17, 15) is 4.79 Å². The zero-order chi connectivity index (χ0) is 18.7. The van der Waals surface area contributed by atoms with Crippen LogP contribution in [0.15, 0.2) is 24.3 Å². The number of nitrogens with one attached hydrogen (secondary N) is 1. The number of hydrogen-bond donors (Lipinski definition) is 1. The molecule has 140 valence electrons. The number of thiazole rings is 1. The molecule has 1 atom stereocenters. The van der Waals surface area contributed by atoms with Gasteiger partial charge in [-0.1, -0.05) is 6.07 Å². The van der Waals surface area contributed by atoms with Crippen LogP contribution in [-0.2, 0) is 4.79 Å². The molecule has 0 spiro atoms. The van der Waals surface area contributed by atoms with Crippen molar-refractivity contribution in [2.45, 2.75) is 26.8 Å². The average molecular weight is 375 g/mol. The molecule has 1 aromatic heterocycles. The number of carbonyl (C=O) groups is 1. The van der Waals surface area contributed by atoms with Crippen molar-refractivity contribution >= 4 is 28.1 Å². The molecule has 0 radical (unpaired) electrons. The van der Waals surface area contributed by atoms with Crippen molar-refractivity contribution in [3.63, 3.8) is 0 Å². The highest BCUT2D eigenvalue weighted by molar-refractivity contribution is 7.15. The number of benzene rings is 1. The molecule has 6 nitrogen and oxygen atoms in total. The van der Waals surface area contributed by atoms with Gasteiger partial charge in [-0.05, 0) is 32.9 Å². The first-order chi connectivity index (χ1) is 12.5. The van der Waals surface area contributed by atoms with Crippen LogP contribution in [0.4, 0.5) is 10.8 Å². The molecule has 0 aliphatic carbocycles. The maximum absolute atomic E-state index is 12.6. The fraction of sp³-hybridized carbons (Fsp3) is 0.474. The molecule has 0 saturated carbocycles. The Hall–Kier alpha value is -2.12. The lowest BCUT2D eigenvalue weighted by Crippen LogP contribution is -2.52. The molecule has 1 fully saturated rings. The van der Waals surface area contributed by atoms with Crippen LogP contribution >= 0.6 is 11.3 Å². The standard InChI is InChI=1S/C19H26N4O2S/c1-13-15(3)26-19(20-13)21-18(24)14(2)22-8-10-23(11-9-22)16-6-5-7-17(12-16)25-4/h5-7,12,14H,8-11H2,1-4H3,(H,20,21,24). The highest BCUT2D eigenvalue weighted by Gasteiger charge is 2.26. The third-order valence-electron chi connectivity index (χ3n) is 4.92. The van der Waals surface area contributed by atoms with E-state index in [1.165, 1.54) is 11.3 Å². The predicted molar refractivity (Wildman–Crippen MR) is 106 cm³/mol. The number of anilines is 2.